The summed E-state index contributed by atoms with van der Waals surface area (Å²) in [5.74, 6) is 0. The zero-order valence-electron chi connectivity index (χ0n) is 30.2. The minimum absolute atomic E-state index is 0. The molecule has 6 nitrogen and oxygen atoms in total. The molecule has 296 valence electrons. The fraction of sp³-hybridized carbons (Fsp3) is 0. The van der Waals surface area contributed by atoms with Crippen molar-refractivity contribution in [3.05, 3.63) is 207 Å². The van der Waals surface area contributed by atoms with Gasteiger partial charge in [-0.25, -0.2) is 0 Å². The molecule has 0 amide bonds. The van der Waals surface area contributed by atoms with Crippen LogP contribution in [0, 0.1) is 6.07 Å². The van der Waals surface area contributed by atoms with E-state index >= 15 is 0 Å². The van der Waals surface area contributed by atoms with Gasteiger partial charge in [-0.2, -0.15) is 0 Å². The number of nitrogens with zero attached hydrogens (tertiary/aromatic N) is 5. The molecule has 0 saturated carbocycles. The van der Waals surface area contributed by atoms with E-state index in [9.17, 15) is 29.7 Å². The van der Waals surface area contributed by atoms with Gasteiger partial charge in [0.15, 0.2) is 7.14 Å². The van der Waals surface area contributed by atoms with Gasteiger partial charge in [-0.1, -0.05) is 102 Å². The Labute approximate surface area is 344 Å². The van der Waals surface area contributed by atoms with Crippen LogP contribution in [0.25, 0.3) is 34.0 Å². The maximum Gasteiger partial charge on any atom is 2.00 e. The average molecular weight is 913 g/mol. The second-order valence-corrected chi connectivity index (χ2v) is 16.5. The van der Waals surface area contributed by atoms with Crippen molar-refractivity contribution < 1.29 is 49.2 Å². The van der Waals surface area contributed by atoms with Crippen LogP contribution in [-0.4, -0.2) is 24.9 Å². The van der Waals surface area contributed by atoms with E-state index in [1.165, 1.54) is 0 Å². The smallest absolute Gasteiger partial charge is 0.310 e. The molecular formula is C43H33F6N5OP2Ru. The van der Waals surface area contributed by atoms with Gasteiger partial charge >= 0.3 is 52.5 Å². The van der Waals surface area contributed by atoms with Crippen molar-refractivity contribution in [1.29, 1.82) is 0 Å². The largest absolute Gasteiger partial charge is 2.00 e. The molecule has 0 fully saturated rings. The minimum atomic E-state index is -10.7. The summed E-state index contributed by atoms with van der Waals surface area (Å²) in [6.45, 7) is 0. The van der Waals surface area contributed by atoms with Gasteiger partial charge in [0.1, 0.15) is 0 Å². The zero-order valence-corrected chi connectivity index (χ0v) is 33.7. The Hall–Kier alpha value is -5.73. The van der Waals surface area contributed by atoms with Crippen molar-refractivity contribution in [3.63, 3.8) is 0 Å². The van der Waals surface area contributed by atoms with Crippen LogP contribution in [0.1, 0.15) is 0 Å². The Morgan fingerprint density at radius 3 is 0.983 bits per heavy atom. The predicted molar refractivity (Wildman–Crippen MR) is 216 cm³/mol. The van der Waals surface area contributed by atoms with Crippen LogP contribution in [-0.2, 0) is 24.0 Å². The molecule has 0 spiro atoms. The molecule has 0 bridgehead atoms. The summed E-state index contributed by atoms with van der Waals surface area (Å²) in [6.07, 6.45) is 8.83. The molecule has 58 heavy (non-hydrogen) atoms. The van der Waals surface area contributed by atoms with Crippen LogP contribution in [0.3, 0.4) is 0 Å². The fourth-order valence-corrected chi connectivity index (χ4v) is 7.77. The van der Waals surface area contributed by atoms with Gasteiger partial charge in [-0.15, -0.1) is 29.8 Å². The van der Waals surface area contributed by atoms with Crippen molar-refractivity contribution in [1.82, 2.24) is 24.9 Å². The van der Waals surface area contributed by atoms with E-state index in [0.717, 1.165) is 49.9 Å². The van der Waals surface area contributed by atoms with Crippen LogP contribution in [0.5, 0.6) is 0 Å². The minimum Gasteiger partial charge on any atom is -0.310 e. The summed E-state index contributed by atoms with van der Waals surface area (Å²) in [7, 11) is -13.6. The summed E-state index contributed by atoms with van der Waals surface area (Å²) < 4.78 is 73.6. The molecule has 5 aromatic heterocycles. The van der Waals surface area contributed by atoms with E-state index in [0.29, 0.717) is 0 Å². The molecule has 0 radical (unpaired) electrons. The first-order valence-corrected chi connectivity index (χ1v) is 20.8. The number of rotatable bonds is 6. The third-order valence-corrected chi connectivity index (χ3v) is 10.6. The van der Waals surface area contributed by atoms with Crippen molar-refractivity contribution in [3.8, 4) is 34.0 Å². The van der Waals surface area contributed by atoms with Gasteiger partial charge < -0.3 is 9.55 Å². The SMILES string of the molecule is F[P-](F)(F)(F)(F)F.O=P(c1ccccc1)(c1ccccc1)c1cc[c-]c(-c2ccccn2)c1.[Ru+2].c1ccc(-c2ccccn2)nc1.c1ccc(-c2ccccn2)nc1. The first-order chi connectivity index (χ1) is 27.2. The van der Waals surface area contributed by atoms with Crippen molar-refractivity contribution in [2.45, 2.75) is 0 Å². The standard InChI is InChI=1S/C23H17NOP.2C10H8N2.F6P.Ru/c25-26(20-11-3-1-4-12-20,21-13-5-2-6-14-21)22-15-9-10-19(18-22)23-16-7-8-17-24-23;2*1-3-7-11-9(5-1)10-6-2-4-8-12-10;1-7(2,3,4,5)6;/h1-9,11-18H;2*1-8H;;/q-1;;;-1;+2. The van der Waals surface area contributed by atoms with E-state index in [1.54, 1.807) is 31.0 Å². The molecule has 0 atom stereocenters. The fourth-order valence-electron chi connectivity index (χ4n) is 5.10. The van der Waals surface area contributed by atoms with Crippen LogP contribution >= 0.6 is 15.0 Å². The Kier molecular flexibility index (Phi) is 15.2. The van der Waals surface area contributed by atoms with Crippen LogP contribution < -0.4 is 15.9 Å². The van der Waals surface area contributed by atoms with Crippen molar-refractivity contribution >= 4 is 30.9 Å². The van der Waals surface area contributed by atoms with E-state index in [4.69, 9.17) is 0 Å². The van der Waals surface area contributed by atoms with Crippen LogP contribution in [0.4, 0.5) is 25.2 Å². The molecular weight excluding hydrogens is 880 g/mol. The number of benzene rings is 3. The van der Waals surface area contributed by atoms with Gasteiger partial charge in [0, 0.05) is 41.6 Å². The predicted octanol–water partition coefficient (Wildman–Crippen LogP) is 11.9. The quantitative estimate of drug-likeness (QED) is 0.0715. The van der Waals surface area contributed by atoms with Gasteiger partial charge in [0.05, 0.1) is 22.8 Å². The van der Waals surface area contributed by atoms with Gasteiger partial charge in [-0.3, -0.25) is 19.9 Å². The molecule has 0 unspecified atom stereocenters. The molecule has 5 heterocycles. The molecule has 0 aliphatic rings. The van der Waals surface area contributed by atoms with E-state index in [1.807, 2.05) is 170 Å². The van der Waals surface area contributed by atoms with Crippen LogP contribution in [0.2, 0.25) is 0 Å². The maximum atomic E-state index is 14.4. The number of hydrogen-bond donors (Lipinski definition) is 0. The molecule has 3 aromatic carbocycles. The summed E-state index contributed by atoms with van der Waals surface area (Å²) in [5.41, 5.74) is 5.32. The Morgan fingerprint density at radius 2 is 0.690 bits per heavy atom. The second kappa shape index (κ2) is 19.6. The number of pyridine rings is 5. The Balaban J connectivity index is 0.000000194. The van der Waals surface area contributed by atoms with Gasteiger partial charge in [-0.05, 0) is 60.3 Å². The van der Waals surface area contributed by atoms with Crippen molar-refractivity contribution in [2.24, 2.45) is 0 Å². The molecule has 0 saturated heterocycles. The molecule has 0 N–H and O–H groups in total. The molecule has 8 aromatic rings. The molecule has 0 aliphatic heterocycles. The molecule has 8 rings (SSSR count). The normalized spacial score (nSPS) is 11.8. The first kappa shape index (κ1) is 45.0. The van der Waals surface area contributed by atoms with Crippen molar-refractivity contribution in [2.75, 3.05) is 0 Å². The summed E-state index contributed by atoms with van der Waals surface area (Å²) >= 11 is 0. The Morgan fingerprint density at radius 1 is 0.397 bits per heavy atom. The monoisotopic (exact) mass is 913 g/mol. The van der Waals surface area contributed by atoms with Gasteiger partial charge in [0.25, 0.3) is 0 Å². The first-order valence-electron chi connectivity index (χ1n) is 17.0. The van der Waals surface area contributed by atoms with Gasteiger partial charge in [0.2, 0.25) is 0 Å². The topological polar surface area (TPSA) is 81.5 Å². The van der Waals surface area contributed by atoms with Crippen LogP contribution in [0.15, 0.2) is 201 Å². The summed E-state index contributed by atoms with van der Waals surface area (Å²) in [4.78, 5) is 21.1. The van der Waals surface area contributed by atoms with E-state index in [-0.39, 0.29) is 19.5 Å². The number of aromatic nitrogens is 5. The second-order valence-electron chi connectivity index (χ2n) is 11.8. The third kappa shape index (κ3) is 15.0. The average Bonchev–Trinajstić information content (AvgIpc) is 3.25. The summed E-state index contributed by atoms with van der Waals surface area (Å²) in [6, 6.07) is 57.2. The number of halogens is 6. The summed E-state index contributed by atoms with van der Waals surface area (Å²) in [5, 5.41) is 2.43. The maximum absolute atomic E-state index is 14.4. The number of hydrogen-bond acceptors (Lipinski definition) is 6. The molecule has 15 heteroatoms. The zero-order chi connectivity index (χ0) is 40.7. The Bertz CT molecular complexity index is 2260. The van der Waals surface area contributed by atoms with E-state index in [2.05, 4.69) is 31.0 Å². The van der Waals surface area contributed by atoms with E-state index < -0.39 is 15.0 Å². The molecule has 0 aliphatic carbocycles. The third-order valence-electron chi connectivity index (χ3n) is 7.51.